The first-order valence-electron chi connectivity index (χ1n) is 8.70. The summed E-state index contributed by atoms with van der Waals surface area (Å²) < 4.78 is 26.4. The van der Waals surface area contributed by atoms with E-state index in [0.717, 1.165) is 17.7 Å². The Bertz CT molecular complexity index is 948. The molecule has 0 aliphatic carbocycles. The normalized spacial score (nSPS) is 15.0. The molecule has 1 fully saturated rings. The van der Waals surface area contributed by atoms with Crippen molar-refractivity contribution in [3.05, 3.63) is 52.2 Å². The topological polar surface area (TPSA) is 108 Å². The van der Waals surface area contributed by atoms with E-state index in [1.165, 1.54) is 46.1 Å². The lowest BCUT2D eigenvalue weighted by atomic mass is 10.2. The third-order valence-corrected chi connectivity index (χ3v) is 6.87. The average Bonchev–Trinajstić information content (AvgIpc) is 3.40. The number of nitrogens with one attached hydrogen (secondary N) is 2. The van der Waals surface area contributed by atoms with Crippen LogP contribution < -0.4 is 10.7 Å². The first kappa shape index (κ1) is 20.2. The summed E-state index contributed by atoms with van der Waals surface area (Å²) >= 11 is 1.48. The van der Waals surface area contributed by atoms with Crippen LogP contribution in [0.2, 0.25) is 0 Å². The van der Waals surface area contributed by atoms with Gasteiger partial charge in [-0.25, -0.2) is 13.8 Å². The number of sulfonamides is 1. The van der Waals surface area contributed by atoms with Gasteiger partial charge in [-0.15, -0.1) is 11.3 Å². The number of amides is 2. The maximum absolute atomic E-state index is 12.5. The predicted octanol–water partition coefficient (Wildman–Crippen LogP) is 1.41. The first-order valence-corrected chi connectivity index (χ1v) is 11.0. The Morgan fingerprint density at radius 2 is 1.86 bits per heavy atom. The molecule has 1 aromatic heterocycles. The number of hydrogen-bond donors (Lipinski definition) is 2. The van der Waals surface area contributed by atoms with Gasteiger partial charge in [0.1, 0.15) is 0 Å². The molecule has 8 nitrogen and oxygen atoms in total. The monoisotopic (exact) mass is 420 g/mol. The number of rotatable bonds is 7. The summed E-state index contributed by atoms with van der Waals surface area (Å²) in [6.07, 6.45) is 3.24. The van der Waals surface area contributed by atoms with Crippen LogP contribution in [0.5, 0.6) is 0 Å². The summed E-state index contributed by atoms with van der Waals surface area (Å²) in [5.74, 6) is -0.933. The number of nitrogens with zero attached hydrogens (tertiary/aromatic N) is 2. The van der Waals surface area contributed by atoms with Gasteiger partial charge in [-0.05, 0) is 48.6 Å². The minimum atomic E-state index is -3.51. The molecule has 1 aromatic carbocycles. The summed E-state index contributed by atoms with van der Waals surface area (Å²) in [7, 11) is -3.51. The SMILES string of the molecule is O=C(CNC(=O)c1ccc(S(=O)(=O)N2CCCC2)cc1)N/N=C/c1cccs1. The highest BCUT2D eigenvalue weighted by Crippen LogP contribution is 2.21. The molecule has 10 heteroatoms. The van der Waals surface area contributed by atoms with Crippen LogP contribution in [-0.4, -0.2) is 50.4 Å². The van der Waals surface area contributed by atoms with Gasteiger partial charge in [0, 0.05) is 23.5 Å². The zero-order valence-electron chi connectivity index (χ0n) is 15.0. The smallest absolute Gasteiger partial charge is 0.259 e. The van der Waals surface area contributed by atoms with Crippen LogP contribution in [0.15, 0.2) is 51.8 Å². The Labute approximate surface area is 167 Å². The fourth-order valence-corrected chi connectivity index (χ4v) is 4.79. The highest BCUT2D eigenvalue weighted by atomic mass is 32.2. The summed E-state index contributed by atoms with van der Waals surface area (Å²) in [5, 5.41) is 8.17. The molecule has 2 heterocycles. The fraction of sp³-hybridized carbons (Fsp3) is 0.278. The van der Waals surface area contributed by atoms with Crippen molar-refractivity contribution in [2.75, 3.05) is 19.6 Å². The summed E-state index contributed by atoms with van der Waals surface area (Å²) in [6.45, 7) is 0.803. The molecule has 28 heavy (non-hydrogen) atoms. The van der Waals surface area contributed by atoms with Crippen molar-refractivity contribution >= 4 is 39.4 Å². The molecule has 148 valence electrons. The van der Waals surface area contributed by atoms with E-state index in [2.05, 4.69) is 15.8 Å². The zero-order valence-corrected chi connectivity index (χ0v) is 16.6. The molecule has 1 aliphatic heterocycles. The van der Waals surface area contributed by atoms with Crippen molar-refractivity contribution in [2.24, 2.45) is 5.10 Å². The molecule has 0 unspecified atom stereocenters. The van der Waals surface area contributed by atoms with Gasteiger partial charge in [0.05, 0.1) is 17.7 Å². The number of carbonyl (C=O) groups is 2. The Balaban J connectivity index is 1.51. The van der Waals surface area contributed by atoms with E-state index in [9.17, 15) is 18.0 Å². The lowest BCUT2D eigenvalue weighted by molar-refractivity contribution is -0.120. The van der Waals surface area contributed by atoms with E-state index in [4.69, 9.17) is 0 Å². The standard InChI is InChI=1S/C18H20N4O4S2/c23-17(21-20-12-15-4-3-11-27-15)13-19-18(24)14-5-7-16(8-6-14)28(25,26)22-9-1-2-10-22/h3-8,11-12H,1-2,9-10,13H2,(H,19,24)(H,21,23)/b20-12+. The van der Waals surface area contributed by atoms with Crippen molar-refractivity contribution < 1.29 is 18.0 Å². The van der Waals surface area contributed by atoms with Gasteiger partial charge in [0.15, 0.2) is 0 Å². The number of benzene rings is 1. The second kappa shape index (κ2) is 9.09. The minimum absolute atomic E-state index is 0.159. The summed E-state index contributed by atoms with van der Waals surface area (Å²) in [6, 6.07) is 9.42. The highest BCUT2D eigenvalue weighted by molar-refractivity contribution is 7.89. The van der Waals surface area contributed by atoms with Crippen molar-refractivity contribution in [1.29, 1.82) is 0 Å². The Kier molecular flexibility index (Phi) is 6.55. The minimum Gasteiger partial charge on any atom is -0.343 e. The number of hydrazone groups is 1. The zero-order chi connectivity index (χ0) is 20.0. The molecule has 2 amide bonds. The van der Waals surface area contributed by atoms with E-state index >= 15 is 0 Å². The third-order valence-electron chi connectivity index (χ3n) is 4.15. The lowest BCUT2D eigenvalue weighted by Crippen LogP contribution is -2.35. The predicted molar refractivity (Wildman–Crippen MR) is 107 cm³/mol. The first-order chi connectivity index (χ1) is 13.5. The lowest BCUT2D eigenvalue weighted by Gasteiger charge is -2.15. The second-order valence-corrected chi connectivity index (χ2v) is 9.04. The van der Waals surface area contributed by atoms with Crippen LogP contribution in [0.4, 0.5) is 0 Å². The van der Waals surface area contributed by atoms with Crippen LogP contribution in [-0.2, 0) is 14.8 Å². The third kappa shape index (κ3) is 5.03. The van der Waals surface area contributed by atoms with Crippen LogP contribution in [0.25, 0.3) is 0 Å². The molecular weight excluding hydrogens is 400 g/mol. The molecule has 0 radical (unpaired) electrons. The van der Waals surface area contributed by atoms with E-state index in [-0.39, 0.29) is 17.0 Å². The maximum atomic E-state index is 12.5. The molecule has 1 saturated heterocycles. The van der Waals surface area contributed by atoms with Crippen molar-refractivity contribution in [2.45, 2.75) is 17.7 Å². The molecule has 0 saturated carbocycles. The fourth-order valence-electron chi connectivity index (χ4n) is 2.69. The van der Waals surface area contributed by atoms with E-state index in [1.54, 1.807) is 0 Å². The van der Waals surface area contributed by atoms with Gasteiger partial charge in [-0.3, -0.25) is 9.59 Å². The molecule has 1 aliphatic rings. The number of hydrogen-bond acceptors (Lipinski definition) is 6. The van der Waals surface area contributed by atoms with Crippen molar-refractivity contribution in [3.8, 4) is 0 Å². The molecule has 2 aromatic rings. The van der Waals surface area contributed by atoms with Crippen LogP contribution in [0.1, 0.15) is 28.1 Å². The van der Waals surface area contributed by atoms with Crippen LogP contribution in [0, 0.1) is 0 Å². The van der Waals surface area contributed by atoms with Gasteiger partial charge < -0.3 is 5.32 Å². The number of carbonyl (C=O) groups excluding carboxylic acids is 2. The molecule has 0 atom stereocenters. The quantitative estimate of drug-likeness (QED) is 0.522. The second-order valence-electron chi connectivity index (χ2n) is 6.13. The molecule has 0 spiro atoms. The van der Waals surface area contributed by atoms with Gasteiger partial charge in [0.2, 0.25) is 10.0 Å². The van der Waals surface area contributed by atoms with Gasteiger partial charge in [-0.1, -0.05) is 6.07 Å². The summed E-state index contributed by atoms with van der Waals surface area (Å²) in [4.78, 5) is 24.9. The maximum Gasteiger partial charge on any atom is 0.259 e. The molecular formula is C18H20N4O4S2. The Morgan fingerprint density at radius 1 is 1.14 bits per heavy atom. The van der Waals surface area contributed by atoms with Gasteiger partial charge >= 0.3 is 0 Å². The van der Waals surface area contributed by atoms with E-state index in [1.807, 2.05) is 17.5 Å². The Hall–Kier alpha value is -2.56. The van der Waals surface area contributed by atoms with Crippen molar-refractivity contribution in [1.82, 2.24) is 15.0 Å². The van der Waals surface area contributed by atoms with Crippen LogP contribution >= 0.6 is 11.3 Å². The molecule has 0 bridgehead atoms. The summed E-state index contributed by atoms with van der Waals surface area (Å²) in [5.41, 5.74) is 2.60. The number of thiophene rings is 1. The van der Waals surface area contributed by atoms with E-state index in [0.29, 0.717) is 13.1 Å². The highest BCUT2D eigenvalue weighted by Gasteiger charge is 2.27. The largest absolute Gasteiger partial charge is 0.343 e. The molecule has 3 rings (SSSR count). The van der Waals surface area contributed by atoms with E-state index < -0.39 is 21.8 Å². The van der Waals surface area contributed by atoms with Crippen LogP contribution in [0.3, 0.4) is 0 Å². The average molecular weight is 421 g/mol. The molecule has 2 N–H and O–H groups in total. The van der Waals surface area contributed by atoms with Crippen molar-refractivity contribution in [3.63, 3.8) is 0 Å². The Morgan fingerprint density at radius 3 is 2.50 bits per heavy atom. The van der Waals surface area contributed by atoms with Gasteiger partial charge in [-0.2, -0.15) is 9.41 Å². The van der Waals surface area contributed by atoms with Gasteiger partial charge in [0.25, 0.3) is 11.8 Å².